The molecule has 3 saturated heterocycles. The Hall–Kier alpha value is -6.24. The number of halogens is 2. The zero-order valence-corrected chi connectivity index (χ0v) is 36.4. The number of amides is 3. The number of imide groups is 1. The molecule has 1 aliphatic carbocycles. The first-order valence-corrected chi connectivity index (χ1v) is 22.5. The van der Waals surface area contributed by atoms with Gasteiger partial charge in [-0.2, -0.15) is 20.4 Å². The third-order valence-corrected chi connectivity index (χ3v) is 14.1. The summed E-state index contributed by atoms with van der Waals surface area (Å²) in [4.78, 5) is 49.9. The van der Waals surface area contributed by atoms with E-state index in [0.717, 1.165) is 111 Å². The highest BCUT2D eigenvalue weighted by Gasteiger charge is 2.34. The molecule has 5 aromatic heterocycles. The van der Waals surface area contributed by atoms with Gasteiger partial charge in [-0.05, 0) is 94.7 Å². The number of anilines is 3. The van der Waals surface area contributed by atoms with Crippen LogP contribution in [0, 0.1) is 5.92 Å². The van der Waals surface area contributed by atoms with Gasteiger partial charge in [0.15, 0.2) is 11.3 Å². The average molecular weight is 877 g/mol. The molecule has 1 aromatic carbocycles. The Labute approximate surface area is 368 Å². The van der Waals surface area contributed by atoms with Crippen molar-refractivity contribution in [3.05, 3.63) is 77.8 Å². The molecule has 4 fully saturated rings. The number of nitrogens with one attached hydrogen (secondary N) is 2. The summed E-state index contributed by atoms with van der Waals surface area (Å²) in [6.45, 7) is 4.37. The smallest absolute Gasteiger partial charge is 0.284 e. The highest BCUT2D eigenvalue weighted by Crippen LogP contribution is 2.37. The molecular formula is C45H54F2N14O3. The quantitative estimate of drug-likeness (QED) is 0.156. The van der Waals surface area contributed by atoms with Crippen LogP contribution >= 0.6 is 0 Å². The van der Waals surface area contributed by atoms with Crippen LogP contribution < -0.4 is 20.4 Å². The third kappa shape index (κ3) is 8.09. The largest absolute Gasteiger partial charge is 0.371 e. The summed E-state index contributed by atoms with van der Waals surface area (Å²) >= 11 is 0. The summed E-state index contributed by atoms with van der Waals surface area (Å²) < 4.78 is 35.6. The number of carbonyl (C=O) groups excluding carboxylic acids is 3. The molecule has 0 spiro atoms. The lowest BCUT2D eigenvalue weighted by atomic mass is 9.85. The summed E-state index contributed by atoms with van der Waals surface area (Å²) in [7, 11) is 6.02. The Morgan fingerprint density at radius 3 is 2.48 bits per heavy atom. The molecule has 6 aromatic rings. The van der Waals surface area contributed by atoms with Crippen molar-refractivity contribution >= 4 is 51.5 Å². The molecule has 10 rings (SSSR count). The maximum Gasteiger partial charge on any atom is 0.284 e. The first kappa shape index (κ1) is 41.8. The van der Waals surface area contributed by atoms with Gasteiger partial charge in [-0.25, -0.2) is 18.3 Å². The van der Waals surface area contributed by atoms with Crippen molar-refractivity contribution in [2.75, 3.05) is 54.9 Å². The van der Waals surface area contributed by atoms with Gasteiger partial charge in [0.2, 0.25) is 11.8 Å². The number of aryl methyl sites for hydroxylation is 2. The molecule has 2 atom stereocenters. The number of nitrogens with zero attached hydrogens (tertiary/aromatic N) is 12. The number of piperidine rings is 2. The lowest BCUT2D eigenvalue weighted by molar-refractivity contribution is -0.134. The van der Waals surface area contributed by atoms with Gasteiger partial charge < -0.3 is 20.0 Å². The summed E-state index contributed by atoms with van der Waals surface area (Å²) in [5.74, 6) is -0.0244. The van der Waals surface area contributed by atoms with E-state index in [4.69, 9.17) is 10.1 Å². The predicted octanol–water partition coefficient (Wildman–Crippen LogP) is 5.58. The Kier molecular flexibility index (Phi) is 11.1. The molecule has 64 heavy (non-hydrogen) atoms. The van der Waals surface area contributed by atoms with Crippen LogP contribution in [-0.2, 0) is 23.7 Å². The zero-order chi connectivity index (χ0) is 44.2. The van der Waals surface area contributed by atoms with Crippen molar-refractivity contribution in [2.24, 2.45) is 20.0 Å². The Balaban J connectivity index is 0.725. The molecule has 17 nitrogen and oxygen atoms in total. The first-order valence-electron chi connectivity index (χ1n) is 22.5. The van der Waals surface area contributed by atoms with E-state index >= 15 is 0 Å². The van der Waals surface area contributed by atoms with Crippen LogP contribution in [-0.4, -0.2) is 112 Å². The number of benzene rings is 1. The van der Waals surface area contributed by atoms with Crippen molar-refractivity contribution in [1.29, 1.82) is 0 Å². The maximum atomic E-state index is 14.4. The van der Waals surface area contributed by atoms with Gasteiger partial charge in [0, 0.05) is 94.9 Å². The van der Waals surface area contributed by atoms with E-state index in [9.17, 15) is 23.2 Å². The fraction of sp³-hybridized carbons (Fsp3) is 0.511. The second-order valence-electron chi connectivity index (χ2n) is 18.2. The molecule has 336 valence electrons. The Morgan fingerprint density at radius 2 is 1.73 bits per heavy atom. The van der Waals surface area contributed by atoms with Crippen molar-refractivity contribution in [2.45, 2.75) is 88.1 Å². The van der Waals surface area contributed by atoms with Crippen LogP contribution in [0.4, 0.5) is 26.0 Å². The van der Waals surface area contributed by atoms with E-state index in [2.05, 4.69) is 65.9 Å². The van der Waals surface area contributed by atoms with Gasteiger partial charge >= 0.3 is 0 Å². The fourth-order valence-electron chi connectivity index (χ4n) is 10.5. The van der Waals surface area contributed by atoms with E-state index in [1.807, 2.05) is 37.1 Å². The number of rotatable bonds is 11. The average Bonchev–Trinajstić information content (AvgIpc) is 4.15. The van der Waals surface area contributed by atoms with Gasteiger partial charge in [-0.15, -0.1) is 0 Å². The minimum absolute atomic E-state index is 0.00123. The number of fused-ring (bicyclic) bond motifs is 2. The molecule has 3 amide bonds. The Bertz CT molecular complexity index is 2710. The van der Waals surface area contributed by atoms with E-state index in [1.54, 1.807) is 21.8 Å². The maximum absolute atomic E-state index is 14.4. The van der Waals surface area contributed by atoms with Crippen molar-refractivity contribution < 1.29 is 23.2 Å². The predicted molar refractivity (Wildman–Crippen MR) is 236 cm³/mol. The lowest BCUT2D eigenvalue weighted by Crippen LogP contribution is -2.45. The number of hydrogen-bond donors (Lipinski definition) is 2. The normalized spacial score (nSPS) is 22.4. The van der Waals surface area contributed by atoms with Gasteiger partial charge in [0.1, 0.15) is 11.4 Å². The zero-order valence-electron chi connectivity index (χ0n) is 36.4. The van der Waals surface area contributed by atoms with Crippen LogP contribution in [0.15, 0.2) is 55.1 Å². The van der Waals surface area contributed by atoms with E-state index in [-0.39, 0.29) is 35.0 Å². The first-order chi connectivity index (χ1) is 30.9. The van der Waals surface area contributed by atoms with Crippen LogP contribution in [0.3, 0.4) is 0 Å². The molecular weight excluding hydrogens is 823 g/mol. The van der Waals surface area contributed by atoms with Crippen LogP contribution in [0.5, 0.6) is 0 Å². The summed E-state index contributed by atoms with van der Waals surface area (Å²) in [6, 6.07) is 10.7. The molecule has 0 radical (unpaired) electrons. The molecule has 0 bridgehead atoms. The van der Waals surface area contributed by atoms with Crippen LogP contribution in [0.2, 0.25) is 0 Å². The number of alkyl halides is 2. The second kappa shape index (κ2) is 17.0. The molecule has 1 unspecified atom stereocenters. The highest BCUT2D eigenvalue weighted by atomic mass is 19.3. The molecule has 8 heterocycles. The number of aromatic nitrogens is 9. The fourth-order valence-corrected chi connectivity index (χ4v) is 10.5. The van der Waals surface area contributed by atoms with Gasteiger partial charge in [0.25, 0.3) is 12.3 Å². The summed E-state index contributed by atoms with van der Waals surface area (Å²) in [6.07, 6.45) is 11.2. The lowest BCUT2D eigenvalue weighted by Gasteiger charge is -2.40. The van der Waals surface area contributed by atoms with Crippen molar-refractivity contribution in [3.8, 4) is 0 Å². The minimum Gasteiger partial charge on any atom is -0.371 e. The second-order valence-corrected chi connectivity index (χ2v) is 18.2. The standard InChI is InChI=1S/C45H54F2N14O3/c1-55(29-13-19-58(20-14-29)31-8-9-32-37(22-31)57(3)53-40(32)33-10-11-39(62)51-44(33)63)24-27-4-6-30(7-5-27)61-26-36(41(54-61)42(46)47)49-45(64)34-23-48-60-21-16-38(50-43(34)60)59-18-12-28(25-59)35-15-17-56(2)52-35/h8-9,15-17,21-23,26-30,33,42H,4-7,10-14,18-20,24-25H2,1-3H3,(H,49,64)(H,51,62,63)/t27?,28-,30?,33?/m1/s1. The molecule has 1 saturated carbocycles. The van der Waals surface area contributed by atoms with E-state index < -0.39 is 23.9 Å². The summed E-state index contributed by atoms with van der Waals surface area (Å²) in [5.41, 5.74) is 3.97. The van der Waals surface area contributed by atoms with Crippen LogP contribution in [0.1, 0.15) is 110 Å². The molecule has 4 aliphatic rings. The Morgan fingerprint density at radius 1 is 0.938 bits per heavy atom. The van der Waals surface area contributed by atoms with Gasteiger partial charge in [-0.1, -0.05) is 0 Å². The van der Waals surface area contributed by atoms with Crippen molar-refractivity contribution in [1.82, 2.24) is 54.2 Å². The minimum atomic E-state index is -2.86. The van der Waals surface area contributed by atoms with Crippen molar-refractivity contribution in [3.63, 3.8) is 0 Å². The number of hydrogen-bond acceptors (Lipinski definition) is 11. The van der Waals surface area contributed by atoms with E-state index in [1.165, 1.54) is 10.7 Å². The van der Waals surface area contributed by atoms with Gasteiger partial charge in [-0.3, -0.25) is 33.7 Å². The molecule has 3 aliphatic heterocycles. The third-order valence-electron chi connectivity index (χ3n) is 14.1. The monoisotopic (exact) mass is 876 g/mol. The van der Waals surface area contributed by atoms with Crippen LogP contribution in [0.25, 0.3) is 16.6 Å². The topological polar surface area (TPSA) is 169 Å². The molecule has 2 N–H and O–H groups in total. The SMILES string of the molecule is CN(CC1CCC(n2cc(NC(=O)c3cnn4ccc(N5CC[C@@H](c6ccn(C)n6)C5)nc34)c(C(F)F)n2)CC1)C1CCN(c2ccc3c(C4CCC(=O)NC4=O)nn(C)c3c2)CC1. The summed E-state index contributed by atoms with van der Waals surface area (Å²) in [5, 5.41) is 24.1. The van der Waals surface area contributed by atoms with E-state index in [0.29, 0.717) is 30.4 Å². The highest BCUT2D eigenvalue weighted by molar-refractivity contribution is 6.08. The number of carbonyl (C=O) groups is 3. The van der Waals surface area contributed by atoms with Gasteiger partial charge in [0.05, 0.1) is 40.7 Å². The molecule has 19 heteroatoms.